The second kappa shape index (κ2) is 3.54. The third-order valence-electron chi connectivity index (χ3n) is 2.38. The lowest BCUT2D eigenvalue weighted by molar-refractivity contribution is 0.964. The highest BCUT2D eigenvalue weighted by atomic mass is 32.1. The van der Waals surface area contributed by atoms with Crippen LogP contribution in [0.1, 0.15) is 11.4 Å². The van der Waals surface area contributed by atoms with Crippen molar-refractivity contribution >= 4 is 12.6 Å². The Morgan fingerprint density at radius 3 is 1.86 bits per heavy atom. The van der Waals surface area contributed by atoms with Gasteiger partial charge in [-0.15, -0.1) is 12.6 Å². The Morgan fingerprint density at radius 2 is 1.36 bits per heavy atom. The standard InChI is InChI=1S/C12H13NS/c1-9-3-4-10(2)13(9)11-5-7-12(14)8-6-11/h3-8,14H,1-2H3. The van der Waals surface area contributed by atoms with Crippen molar-refractivity contribution in [3.8, 4) is 5.69 Å². The normalized spacial score (nSPS) is 10.5. The van der Waals surface area contributed by atoms with Gasteiger partial charge in [0.05, 0.1) is 0 Å². The van der Waals surface area contributed by atoms with Gasteiger partial charge in [0.1, 0.15) is 0 Å². The van der Waals surface area contributed by atoms with E-state index in [1.807, 2.05) is 12.1 Å². The van der Waals surface area contributed by atoms with E-state index in [1.165, 1.54) is 17.1 Å². The molecule has 0 fully saturated rings. The fraction of sp³-hybridized carbons (Fsp3) is 0.167. The van der Waals surface area contributed by atoms with Gasteiger partial charge in [0, 0.05) is 22.0 Å². The molecule has 0 amide bonds. The molecule has 2 rings (SSSR count). The zero-order chi connectivity index (χ0) is 10.1. The number of hydrogen-bond acceptors (Lipinski definition) is 1. The van der Waals surface area contributed by atoms with E-state index in [0.717, 1.165) is 4.90 Å². The third-order valence-corrected chi connectivity index (χ3v) is 2.68. The smallest absolute Gasteiger partial charge is 0.0455 e. The van der Waals surface area contributed by atoms with Crippen LogP contribution in [0.3, 0.4) is 0 Å². The molecule has 0 aliphatic carbocycles. The van der Waals surface area contributed by atoms with Gasteiger partial charge in [-0.1, -0.05) is 0 Å². The molecule has 0 atom stereocenters. The van der Waals surface area contributed by atoms with Gasteiger partial charge in [0.2, 0.25) is 0 Å². The molecule has 0 aliphatic heterocycles. The van der Waals surface area contributed by atoms with Crippen LogP contribution in [-0.2, 0) is 0 Å². The molecule has 0 spiro atoms. The highest BCUT2D eigenvalue weighted by Crippen LogP contribution is 2.17. The highest BCUT2D eigenvalue weighted by Gasteiger charge is 2.02. The van der Waals surface area contributed by atoms with Gasteiger partial charge in [-0.05, 0) is 50.2 Å². The van der Waals surface area contributed by atoms with Gasteiger partial charge < -0.3 is 4.57 Å². The van der Waals surface area contributed by atoms with Crippen LogP contribution in [0, 0.1) is 13.8 Å². The van der Waals surface area contributed by atoms with Gasteiger partial charge in [-0.3, -0.25) is 0 Å². The van der Waals surface area contributed by atoms with Crippen molar-refractivity contribution < 1.29 is 0 Å². The summed E-state index contributed by atoms with van der Waals surface area (Å²) in [6.07, 6.45) is 0. The lowest BCUT2D eigenvalue weighted by Crippen LogP contribution is -1.97. The van der Waals surface area contributed by atoms with Gasteiger partial charge in [0.25, 0.3) is 0 Å². The largest absolute Gasteiger partial charge is 0.319 e. The lowest BCUT2D eigenvalue weighted by Gasteiger charge is -2.09. The molecule has 72 valence electrons. The predicted molar refractivity (Wildman–Crippen MR) is 62.5 cm³/mol. The monoisotopic (exact) mass is 203 g/mol. The fourth-order valence-electron chi connectivity index (χ4n) is 1.68. The topological polar surface area (TPSA) is 4.93 Å². The average Bonchev–Trinajstić information content (AvgIpc) is 2.49. The van der Waals surface area contributed by atoms with Crippen LogP contribution in [0.4, 0.5) is 0 Å². The molecule has 2 aromatic rings. The molecule has 0 bridgehead atoms. The first-order chi connectivity index (χ1) is 6.68. The molecule has 0 saturated heterocycles. The summed E-state index contributed by atoms with van der Waals surface area (Å²) < 4.78 is 2.23. The molecule has 1 nitrogen and oxygen atoms in total. The Bertz CT molecular complexity index is 420. The predicted octanol–water partition coefficient (Wildman–Crippen LogP) is 3.38. The zero-order valence-corrected chi connectivity index (χ0v) is 9.25. The van der Waals surface area contributed by atoms with Gasteiger partial charge >= 0.3 is 0 Å². The number of hydrogen-bond donors (Lipinski definition) is 1. The minimum Gasteiger partial charge on any atom is -0.319 e. The van der Waals surface area contributed by atoms with Crippen molar-refractivity contribution in [3.05, 3.63) is 47.8 Å². The maximum Gasteiger partial charge on any atom is 0.0455 e. The Balaban J connectivity index is 2.54. The van der Waals surface area contributed by atoms with Crippen molar-refractivity contribution in [2.75, 3.05) is 0 Å². The molecular formula is C12H13NS. The first kappa shape index (κ1) is 9.41. The zero-order valence-electron chi connectivity index (χ0n) is 8.36. The quantitative estimate of drug-likeness (QED) is 0.678. The number of rotatable bonds is 1. The first-order valence-corrected chi connectivity index (χ1v) is 5.07. The lowest BCUT2D eigenvalue weighted by atomic mass is 10.3. The molecule has 0 unspecified atom stereocenters. The summed E-state index contributed by atoms with van der Waals surface area (Å²) in [6, 6.07) is 12.5. The van der Waals surface area contributed by atoms with Crippen molar-refractivity contribution in [1.82, 2.24) is 4.57 Å². The third kappa shape index (κ3) is 1.58. The summed E-state index contributed by atoms with van der Waals surface area (Å²) in [5.41, 5.74) is 3.71. The van der Waals surface area contributed by atoms with E-state index < -0.39 is 0 Å². The number of benzene rings is 1. The van der Waals surface area contributed by atoms with Crippen LogP contribution in [0.2, 0.25) is 0 Å². The summed E-state index contributed by atoms with van der Waals surface area (Å²) >= 11 is 4.27. The van der Waals surface area contributed by atoms with Crippen LogP contribution in [0.25, 0.3) is 5.69 Å². The molecule has 1 aromatic heterocycles. The van der Waals surface area contributed by atoms with E-state index in [1.54, 1.807) is 0 Å². The van der Waals surface area contributed by atoms with E-state index >= 15 is 0 Å². The molecule has 0 radical (unpaired) electrons. The average molecular weight is 203 g/mol. The molecule has 2 heteroatoms. The number of thiol groups is 1. The Kier molecular flexibility index (Phi) is 2.38. The molecule has 1 aromatic carbocycles. The molecular weight excluding hydrogens is 190 g/mol. The maximum atomic E-state index is 4.27. The van der Waals surface area contributed by atoms with Crippen LogP contribution in [-0.4, -0.2) is 4.57 Å². The minimum absolute atomic E-state index is 0.996. The summed E-state index contributed by atoms with van der Waals surface area (Å²) in [4.78, 5) is 0.996. The Labute approximate surface area is 89.8 Å². The van der Waals surface area contributed by atoms with Crippen LogP contribution in [0.5, 0.6) is 0 Å². The van der Waals surface area contributed by atoms with E-state index in [2.05, 4.69) is 55.3 Å². The van der Waals surface area contributed by atoms with Crippen molar-refractivity contribution in [3.63, 3.8) is 0 Å². The number of nitrogens with zero attached hydrogens (tertiary/aromatic N) is 1. The molecule has 0 N–H and O–H groups in total. The summed E-state index contributed by atoms with van der Waals surface area (Å²) in [5.74, 6) is 0. The van der Waals surface area contributed by atoms with Gasteiger partial charge in [0.15, 0.2) is 0 Å². The Morgan fingerprint density at radius 1 is 0.857 bits per heavy atom. The van der Waals surface area contributed by atoms with E-state index in [9.17, 15) is 0 Å². The Hall–Kier alpha value is -1.15. The fourth-order valence-corrected chi connectivity index (χ4v) is 1.83. The van der Waals surface area contributed by atoms with E-state index in [4.69, 9.17) is 0 Å². The highest BCUT2D eigenvalue weighted by molar-refractivity contribution is 7.80. The summed E-state index contributed by atoms with van der Waals surface area (Å²) in [5, 5.41) is 0. The van der Waals surface area contributed by atoms with Crippen molar-refractivity contribution in [2.24, 2.45) is 0 Å². The van der Waals surface area contributed by atoms with Gasteiger partial charge in [-0.25, -0.2) is 0 Å². The van der Waals surface area contributed by atoms with E-state index in [0.29, 0.717) is 0 Å². The molecule has 14 heavy (non-hydrogen) atoms. The van der Waals surface area contributed by atoms with Crippen molar-refractivity contribution in [1.29, 1.82) is 0 Å². The van der Waals surface area contributed by atoms with Crippen LogP contribution >= 0.6 is 12.6 Å². The van der Waals surface area contributed by atoms with Gasteiger partial charge in [-0.2, -0.15) is 0 Å². The first-order valence-electron chi connectivity index (χ1n) is 4.63. The van der Waals surface area contributed by atoms with E-state index in [-0.39, 0.29) is 0 Å². The second-order valence-corrected chi connectivity index (χ2v) is 3.98. The molecule has 1 heterocycles. The summed E-state index contributed by atoms with van der Waals surface area (Å²) in [7, 11) is 0. The minimum atomic E-state index is 0.996. The summed E-state index contributed by atoms with van der Waals surface area (Å²) in [6.45, 7) is 4.23. The SMILES string of the molecule is Cc1ccc(C)n1-c1ccc(S)cc1. The van der Waals surface area contributed by atoms with Crippen LogP contribution < -0.4 is 0 Å². The number of aryl methyl sites for hydroxylation is 2. The number of aromatic nitrogens is 1. The second-order valence-electron chi connectivity index (χ2n) is 3.47. The molecule has 0 aliphatic rings. The van der Waals surface area contributed by atoms with Crippen LogP contribution in [0.15, 0.2) is 41.3 Å². The van der Waals surface area contributed by atoms with Crippen molar-refractivity contribution in [2.45, 2.75) is 18.7 Å². The molecule has 0 saturated carbocycles. The maximum absolute atomic E-state index is 4.27.